The van der Waals surface area contributed by atoms with Gasteiger partial charge in [0.25, 0.3) is 10.0 Å². The number of carbonyl (C=O) groups excluding carboxylic acids is 1. The Morgan fingerprint density at radius 1 is 1.17 bits per heavy atom. The molecule has 152 valence electrons. The number of halogens is 1. The molecule has 0 N–H and O–H groups in total. The van der Waals surface area contributed by atoms with Crippen molar-refractivity contribution < 1.29 is 27.1 Å². The molecule has 0 amide bonds. The van der Waals surface area contributed by atoms with Gasteiger partial charge in [-0.05, 0) is 18.2 Å². The van der Waals surface area contributed by atoms with Crippen LogP contribution in [0, 0.1) is 5.82 Å². The van der Waals surface area contributed by atoms with Crippen molar-refractivity contribution in [3.05, 3.63) is 66.4 Å². The minimum Gasteiger partial charge on any atom is -0.492 e. The number of aromatic nitrogens is 2. The van der Waals surface area contributed by atoms with Crippen LogP contribution in [0.15, 0.2) is 59.9 Å². The summed E-state index contributed by atoms with van der Waals surface area (Å²) in [6.07, 6.45) is 4.85. The first-order chi connectivity index (χ1) is 14.0. The van der Waals surface area contributed by atoms with E-state index < -0.39 is 15.8 Å². The molecule has 3 rings (SSSR count). The average molecular weight is 418 g/mol. The van der Waals surface area contributed by atoms with E-state index in [1.54, 1.807) is 13.2 Å². The van der Waals surface area contributed by atoms with Gasteiger partial charge in [-0.1, -0.05) is 12.1 Å². The first-order valence-electron chi connectivity index (χ1n) is 8.72. The first kappa shape index (κ1) is 20.7. The maximum atomic E-state index is 14.3. The normalized spacial score (nSPS) is 11.4. The van der Waals surface area contributed by atoms with E-state index in [0.717, 1.165) is 10.2 Å². The summed E-state index contributed by atoms with van der Waals surface area (Å²) in [6, 6.07) is 8.39. The van der Waals surface area contributed by atoms with Crippen molar-refractivity contribution in [2.75, 3.05) is 20.3 Å². The molecule has 0 atom stereocenters. The van der Waals surface area contributed by atoms with Crippen molar-refractivity contribution in [3.8, 4) is 17.0 Å². The number of hydrogen-bond donors (Lipinski definition) is 0. The summed E-state index contributed by atoms with van der Waals surface area (Å²) in [7, 11) is -2.58. The molecule has 1 aromatic carbocycles. The standard InChI is InChI=1S/C20H19FN2O5S/c1-27-7-4-8-28-16-10-17(12-22-11-16)29(25,26)23-13-15(14-24)9-20(23)18-5-2-3-6-19(18)21/h2-3,5-6,9-14H,4,7-8H2,1H3. The summed E-state index contributed by atoms with van der Waals surface area (Å²) in [4.78, 5) is 15.0. The molecule has 0 bridgehead atoms. The van der Waals surface area contributed by atoms with E-state index in [0.29, 0.717) is 25.9 Å². The zero-order chi connectivity index (χ0) is 20.9. The Bertz CT molecular complexity index is 1110. The number of benzene rings is 1. The number of carbonyl (C=O) groups is 1. The molecule has 0 saturated heterocycles. The molecular formula is C20H19FN2O5S. The van der Waals surface area contributed by atoms with Crippen molar-refractivity contribution in [1.82, 2.24) is 8.96 Å². The Morgan fingerprint density at radius 3 is 2.69 bits per heavy atom. The van der Waals surface area contributed by atoms with E-state index in [1.165, 1.54) is 42.7 Å². The summed E-state index contributed by atoms with van der Waals surface area (Å²) >= 11 is 0. The van der Waals surface area contributed by atoms with Crippen LogP contribution in [0.3, 0.4) is 0 Å². The smallest absolute Gasteiger partial charge is 0.269 e. The number of nitrogens with zero attached hydrogens (tertiary/aromatic N) is 2. The second kappa shape index (κ2) is 8.97. The van der Waals surface area contributed by atoms with Crippen molar-refractivity contribution in [3.63, 3.8) is 0 Å². The van der Waals surface area contributed by atoms with Crippen LogP contribution in [0.4, 0.5) is 4.39 Å². The lowest BCUT2D eigenvalue weighted by Gasteiger charge is -2.12. The number of hydrogen-bond acceptors (Lipinski definition) is 6. The zero-order valence-corrected chi connectivity index (χ0v) is 16.4. The van der Waals surface area contributed by atoms with Crippen LogP contribution in [0.2, 0.25) is 0 Å². The number of pyridine rings is 1. The highest BCUT2D eigenvalue weighted by molar-refractivity contribution is 7.90. The quantitative estimate of drug-likeness (QED) is 0.392. The fourth-order valence-electron chi connectivity index (χ4n) is 2.72. The van der Waals surface area contributed by atoms with E-state index >= 15 is 0 Å². The molecule has 0 spiro atoms. The summed E-state index contributed by atoms with van der Waals surface area (Å²) in [5.41, 5.74) is 0.201. The van der Waals surface area contributed by atoms with Crippen molar-refractivity contribution in [2.45, 2.75) is 11.3 Å². The van der Waals surface area contributed by atoms with Gasteiger partial charge in [-0.2, -0.15) is 0 Å². The van der Waals surface area contributed by atoms with Crippen LogP contribution in [0.1, 0.15) is 16.8 Å². The highest BCUT2D eigenvalue weighted by Crippen LogP contribution is 2.29. The van der Waals surface area contributed by atoms with Crippen LogP contribution >= 0.6 is 0 Å². The summed E-state index contributed by atoms with van der Waals surface area (Å²) in [6.45, 7) is 0.841. The molecule has 0 saturated carbocycles. The van der Waals surface area contributed by atoms with E-state index in [9.17, 15) is 17.6 Å². The van der Waals surface area contributed by atoms with E-state index in [1.807, 2.05) is 0 Å². The molecule has 29 heavy (non-hydrogen) atoms. The van der Waals surface area contributed by atoms with Gasteiger partial charge in [0.05, 0.1) is 18.5 Å². The van der Waals surface area contributed by atoms with Gasteiger partial charge in [-0.3, -0.25) is 9.78 Å². The van der Waals surface area contributed by atoms with Crippen LogP contribution in [0.5, 0.6) is 5.75 Å². The van der Waals surface area contributed by atoms with Gasteiger partial charge in [-0.25, -0.2) is 16.8 Å². The third-order valence-corrected chi connectivity index (χ3v) is 5.74. The number of aldehydes is 1. The highest BCUT2D eigenvalue weighted by Gasteiger charge is 2.24. The highest BCUT2D eigenvalue weighted by atomic mass is 32.2. The molecule has 7 nitrogen and oxygen atoms in total. The minimum atomic E-state index is -4.16. The monoisotopic (exact) mass is 418 g/mol. The molecule has 0 aliphatic heterocycles. The Labute approximate surface area is 167 Å². The molecule has 2 heterocycles. The predicted octanol–water partition coefficient (Wildman–Crippen LogP) is 3.15. The second-order valence-electron chi connectivity index (χ2n) is 6.11. The molecule has 0 unspecified atom stereocenters. The molecular weight excluding hydrogens is 399 g/mol. The van der Waals surface area contributed by atoms with Crippen LogP contribution < -0.4 is 4.74 Å². The summed E-state index contributed by atoms with van der Waals surface area (Å²) in [5.74, 6) is -0.328. The molecule has 9 heteroatoms. The number of methoxy groups -OCH3 is 1. The molecule has 0 aliphatic rings. The zero-order valence-electron chi connectivity index (χ0n) is 15.6. The maximum absolute atomic E-state index is 14.3. The summed E-state index contributed by atoms with van der Waals surface area (Å²) < 4.78 is 52.0. The number of ether oxygens (including phenoxy) is 2. The SMILES string of the molecule is COCCCOc1cncc(S(=O)(=O)n2cc(C=O)cc2-c2ccccc2F)c1. The number of rotatable bonds is 9. The Balaban J connectivity index is 2.01. The molecule has 0 radical (unpaired) electrons. The minimum absolute atomic E-state index is 0.0385. The van der Waals surface area contributed by atoms with Gasteiger partial charge >= 0.3 is 0 Å². The van der Waals surface area contributed by atoms with Crippen molar-refractivity contribution in [2.24, 2.45) is 0 Å². The van der Waals surface area contributed by atoms with E-state index in [4.69, 9.17) is 9.47 Å². The van der Waals surface area contributed by atoms with Crippen LogP contribution in [-0.4, -0.2) is 44.0 Å². The predicted molar refractivity (Wildman–Crippen MR) is 104 cm³/mol. The first-order valence-corrected chi connectivity index (χ1v) is 10.2. The van der Waals surface area contributed by atoms with Gasteiger partial charge in [-0.15, -0.1) is 0 Å². The van der Waals surface area contributed by atoms with E-state index in [-0.39, 0.29) is 27.5 Å². The molecule has 0 aliphatic carbocycles. The molecule has 2 aromatic heterocycles. The maximum Gasteiger partial charge on any atom is 0.269 e. The third-order valence-electron chi connectivity index (χ3n) is 4.10. The van der Waals surface area contributed by atoms with Gasteiger partial charge in [0.2, 0.25) is 0 Å². The van der Waals surface area contributed by atoms with Crippen LogP contribution in [-0.2, 0) is 14.8 Å². The van der Waals surface area contributed by atoms with Gasteiger partial charge in [0.15, 0.2) is 6.29 Å². The lowest BCUT2D eigenvalue weighted by atomic mass is 10.1. The van der Waals surface area contributed by atoms with E-state index in [2.05, 4.69) is 4.98 Å². The Morgan fingerprint density at radius 2 is 1.97 bits per heavy atom. The second-order valence-corrected chi connectivity index (χ2v) is 7.92. The largest absolute Gasteiger partial charge is 0.492 e. The Hall–Kier alpha value is -3.04. The van der Waals surface area contributed by atoms with Crippen molar-refractivity contribution >= 4 is 16.3 Å². The molecule has 0 fully saturated rings. The van der Waals surface area contributed by atoms with Crippen LogP contribution in [0.25, 0.3) is 11.3 Å². The molecule has 3 aromatic rings. The lowest BCUT2D eigenvalue weighted by molar-refractivity contribution is 0.112. The van der Waals surface area contributed by atoms with Gasteiger partial charge < -0.3 is 9.47 Å². The van der Waals surface area contributed by atoms with Gasteiger partial charge in [0, 0.05) is 49.7 Å². The fourth-order valence-corrected chi connectivity index (χ4v) is 4.07. The van der Waals surface area contributed by atoms with Crippen molar-refractivity contribution in [1.29, 1.82) is 0 Å². The lowest BCUT2D eigenvalue weighted by Crippen LogP contribution is -2.14. The fraction of sp³-hybridized carbons (Fsp3) is 0.200. The van der Waals surface area contributed by atoms with Gasteiger partial charge in [0.1, 0.15) is 16.5 Å². The third kappa shape index (κ3) is 4.52. The Kier molecular flexibility index (Phi) is 6.40. The topological polar surface area (TPSA) is 87.5 Å². The average Bonchev–Trinajstić information content (AvgIpc) is 3.17. The summed E-state index contributed by atoms with van der Waals surface area (Å²) in [5, 5.41) is 0.